The van der Waals surface area contributed by atoms with E-state index in [1.54, 1.807) is 60.5 Å². The van der Waals surface area contributed by atoms with Crippen LogP contribution in [0.3, 0.4) is 0 Å². The Kier molecular flexibility index (Phi) is 5.37. The molecule has 31 heavy (non-hydrogen) atoms. The van der Waals surface area contributed by atoms with Crippen LogP contribution in [0.5, 0.6) is 0 Å². The number of benzene rings is 2. The zero-order valence-corrected chi connectivity index (χ0v) is 17.5. The summed E-state index contributed by atoms with van der Waals surface area (Å²) >= 11 is 0. The summed E-state index contributed by atoms with van der Waals surface area (Å²) in [6.07, 6.45) is 0.443. The number of hydrogen-bond acceptors (Lipinski definition) is 5. The number of ketones is 1. The van der Waals surface area contributed by atoms with E-state index < -0.39 is 23.1 Å². The van der Waals surface area contributed by atoms with Crippen molar-refractivity contribution < 1.29 is 24.2 Å². The third-order valence-corrected chi connectivity index (χ3v) is 5.90. The summed E-state index contributed by atoms with van der Waals surface area (Å²) in [6, 6.07) is 15.6. The number of Topliss-reactive ketones (excluding diaryl/α,β-unsaturated/α-hetero) is 1. The zero-order valence-electron chi connectivity index (χ0n) is 17.5. The summed E-state index contributed by atoms with van der Waals surface area (Å²) in [6.45, 7) is 2.71. The zero-order chi connectivity index (χ0) is 22.2. The number of hydrogen-bond donors (Lipinski definition) is 1. The highest BCUT2D eigenvalue weighted by atomic mass is 16.5. The molecule has 4 rings (SSSR count). The van der Waals surface area contributed by atoms with Crippen LogP contribution in [0.25, 0.3) is 5.76 Å². The second-order valence-electron chi connectivity index (χ2n) is 7.50. The van der Waals surface area contributed by atoms with Gasteiger partial charge in [-0.05, 0) is 19.4 Å². The quantitative estimate of drug-likeness (QED) is 0.336. The first-order valence-corrected chi connectivity index (χ1v) is 10.3. The van der Waals surface area contributed by atoms with Gasteiger partial charge in [-0.15, -0.1) is 0 Å². The van der Waals surface area contributed by atoms with Gasteiger partial charge in [-0.25, -0.2) is 0 Å². The van der Waals surface area contributed by atoms with Crippen molar-refractivity contribution in [3.63, 3.8) is 0 Å². The number of anilines is 1. The van der Waals surface area contributed by atoms with E-state index in [0.717, 1.165) is 0 Å². The number of likely N-dealkylation sites (N-methyl/N-ethyl adjacent to an activating group) is 1. The largest absolute Gasteiger partial charge is 0.507 e. The maximum absolute atomic E-state index is 13.9. The summed E-state index contributed by atoms with van der Waals surface area (Å²) < 4.78 is 5.12. The lowest BCUT2D eigenvalue weighted by Gasteiger charge is -2.34. The van der Waals surface area contributed by atoms with Gasteiger partial charge in [0, 0.05) is 37.9 Å². The van der Waals surface area contributed by atoms with E-state index in [9.17, 15) is 19.5 Å². The van der Waals surface area contributed by atoms with Gasteiger partial charge in [-0.1, -0.05) is 48.5 Å². The Balaban J connectivity index is 2.03. The summed E-state index contributed by atoms with van der Waals surface area (Å²) in [7, 11) is 1.55. The second kappa shape index (κ2) is 8.00. The highest BCUT2D eigenvalue weighted by molar-refractivity contribution is 6.50. The molecule has 0 radical (unpaired) electrons. The smallest absolute Gasteiger partial charge is 0.296 e. The molecular formula is C24H24N2O5. The van der Waals surface area contributed by atoms with Gasteiger partial charge in [-0.2, -0.15) is 0 Å². The van der Waals surface area contributed by atoms with Crippen molar-refractivity contribution in [2.24, 2.45) is 0 Å². The van der Waals surface area contributed by atoms with Gasteiger partial charge in [-0.3, -0.25) is 14.4 Å². The molecule has 2 aromatic carbocycles. The molecule has 2 heterocycles. The standard InChI is InChI=1S/C24H24N2O5/c1-3-25-18-13-8-7-12-17(18)24(23(25)30)19(20(27)16-10-5-4-6-11-16)21(28)22(29)26(24)14-9-15-31-2/h4-8,10-13,27H,3,9,14-15H2,1-2H3. The Labute approximate surface area is 180 Å². The van der Waals surface area contributed by atoms with E-state index in [-0.39, 0.29) is 17.9 Å². The molecule has 1 spiro atoms. The molecule has 2 aromatic rings. The minimum Gasteiger partial charge on any atom is -0.507 e. The van der Waals surface area contributed by atoms with E-state index in [1.165, 1.54) is 4.90 Å². The first-order chi connectivity index (χ1) is 15.0. The molecule has 0 aliphatic carbocycles. The number of methoxy groups -OCH3 is 1. The Morgan fingerprint density at radius 3 is 2.39 bits per heavy atom. The van der Waals surface area contributed by atoms with Gasteiger partial charge < -0.3 is 19.6 Å². The molecule has 0 bridgehead atoms. The van der Waals surface area contributed by atoms with Crippen molar-refractivity contribution >= 4 is 29.0 Å². The normalized spacial score (nSPS) is 21.9. The highest BCUT2D eigenvalue weighted by Gasteiger charge is 2.66. The maximum Gasteiger partial charge on any atom is 0.296 e. The Bertz CT molecular complexity index is 1080. The predicted octanol–water partition coefficient (Wildman–Crippen LogP) is 2.67. The average molecular weight is 420 g/mol. The molecular weight excluding hydrogens is 396 g/mol. The van der Waals surface area contributed by atoms with Crippen molar-refractivity contribution in [1.82, 2.24) is 4.90 Å². The number of para-hydroxylation sites is 1. The molecule has 1 N–H and O–H groups in total. The van der Waals surface area contributed by atoms with Crippen LogP contribution in [0.2, 0.25) is 0 Å². The lowest BCUT2D eigenvalue weighted by atomic mass is 9.82. The van der Waals surface area contributed by atoms with Gasteiger partial charge in [0.1, 0.15) is 5.76 Å². The number of likely N-dealkylation sites (tertiary alicyclic amines) is 1. The van der Waals surface area contributed by atoms with Gasteiger partial charge in [0.25, 0.3) is 17.6 Å². The number of carbonyl (C=O) groups excluding carboxylic acids is 3. The lowest BCUT2D eigenvalue weighted by Crippen LogP contribution is -2.52. The van der Waals surface area contributed by atoms with Crippen LogP contribution < -0.4 is 4.90 Å². The molecule has 160 valence electrons. The minimum atomic E-state index is -1.70. The molecule has 2 amide bonds. The molecule has 0 aromatic heterocycles. The first kappa shape index (κ1) is 20.8. The third kappa shape index (κ3) is 2.88. The molecule has 0 saturated carbocycles. The number of aliphatic hydroxyl groups excluding tert-OH is 1. The van der Waals surface area contributed by atoms with Crippen molar-refractivity contribution in [3.05, 3.63) is 71.3 Å². The fraction of sp³-hybridized carbons (Fsp3) is 0.292. The molecule has 2 aliphatic rings. The van der Waals surface area contributed by atoms with E-state index in [1.807, 2.05) is 13.0 Å². The van der Waals surface area contributed by atoms with Crippen molar-refractivity contribution in [2.45, 2.75) is 18.9 Å². The first-order valence-electron chi connectivity index (χ1n) is 10.3. The van der Waals surface area contributed by atoms with Crippen LogP contribution in [-0.2, 0) is 24.7 Å². The number of ether oxygens (including phenoxy) is 1. The van der Waals surface area contributed by atoms with Crippen LogP contribution in [0, 0.1) is 0 Å². The Morgan fingerprint density at radius 1 is 1.03 bits per heavy atom. The fourth-order valence-electron chi connectivity index (χ4n) is 4.59. The van der Waals surface area contributed by atoms with E-state index in [4.69, 9.17) is 4.74 Å². The van der Waals surface area contributed by atoms with Gasteiger partial charge in [0.05, 0.1) is 11.3 Å². The number of aliphatic hydroxyl groups is 1. The van der Waals surface area contributed by atoms with Crippen molar-refractivity contribution in [3.8, 4) is 0 Å². The summed E-state index contributed by atoms with van der Waals surface area (Å²) in [5, 5.41) is 11.2. The van der Waals surface area contributed by atoms with E-state index in [0.29, 0.717) is 36.4 Å². The molecule has 1 fully saturated rings. The predicted molar refractivity (Wildman–Crippen MR) is 115 cm³/mol. The summed E-state index contributed by atoms with van der Waals surface area (Å²) in [5.41, 5.74) is -0.357. The molecule has 1 saturated heterocycles. The van der Waals surface area contributed by atoms with E-state index in [2.05, 4.69) is 0 Å². The van der Waals surface area contributed by atoms with Crippen molar-refractivity contribution in [1.29, 1.82) is 0 Å². The SMILES string of the molecule is CCN1C(=O)C2(C(=C(O)c3ccccc3)C(=O)C(=O)N2CCCOC)c2ccccc21. The fourth-order valence-corrected chi connectivity index (χ4v) is 4.59. The molecule has 7 heteroatoms. The van der Waals surface area contributed by atoms with Crippen LogP contribution in [0.1, 0.15) is 24.5 Å². The molecule has 1 atom stereocenters. The Morgan fingerprint density at radius 2 is 1.71 bits per heavy atom. The van der Waals surface area contributed by atoms with Gasteiger partial charge >= 0.3 is 0 Å². The minimum absolute atomic E-state index is 0.140. The average Bonchev–Trinajstić information content (AvgIpc) is 3.17. The highest BCUT2D eigenvalue weighted by Crippen LogP contribution is 2.53. The van der Waals surface area contributed by atoms with Crippen LogP contribution >= 0.6 is 0 Å². The molecule has 7 nitrogen and oxygen atoms in total. The number of nitrogens with zero attached hydrogens (tertiary/aromatic N) is 2. The number of fused-ring (bicyclic) bond motifs is 2. The number of carbonyl (C=O) groups is 3. The van der Waals surface area contributed by atoms with Crippen LogP contribution in [-0.4, -0.2) is 54.4 Å². The van der Waals surface area contributed by atoms with Crippen LogP contribution in [0.4, 0.5) is 5.69 Å². The topological polar surface area (TPSA) is 87.2 Å². The van der Waals surface area contributed by atoms with Crippen molar-refractivity contribution in [2.75, 3.05) is 31.7 Å². The van der Waals surface area contributed by atoms with Gasteiger partial charge in [0.2, 0.25) is 0 Å². The molecule has 1 unspecified atom stereocenters. The van der Waals surface area contributed by atoms with E-state index >= 15 is 0 Å². The lowest BCUT2D eigenvalue weighted by molar-refractivity contribution is -0.143. The maximum atomic E-state index is 13.9. The summed E-state index contributed by atoms with van der Waals surface area (Å²) in [5.74, 6) is -2.42. The molecule has 2 aliphatic heterocycles. The summed E-state index contributed by atoms with van der Waals surface area (Å²) in [4.78, 5) is 43.2. The Hall–Kier alpha value is -3.45. The van der Waals surface area contributed by atoms with Crippen LogP contribution in [0.15, 0.2) is 60.2 Å². The third-order valence-electron chi connectivity index (χ3n) is 5.90. The van der Waals surface area contributed by atoms with Gasteiger partial charge in [0.15, 0.2) is 5.54 Å². The number of amides is 2. The number of rotatable bonds is 6. The monoisotopic (exact) mass is 420 g/mol. The second-order valence-corrected chi connectivity index (χ2v) is 7.50.